The van der Waals surface area contributed by atoms with Crippen LogP contribution in [0.5, 0.6) is 5.75 Å². The number of aromatic nitrogens is 1. The summed E-state index contributed by atoms with van der Waals surface area (Å²) in [5.74, 6) is -0.211. The summed E-state index contributed by atoms with van der Waals surface area (Å²) < 4.78 is 15.6. The molecule has 0 radical (unpaired) electrons. The van der Waals surface area contributed by atoms with Crippen molar-refractivity contribution in [1.29, 1.82) is 0 Å². The van der Waals surface area contributed by atoms with E-state index in [1.165, 1.54) is 12.0 Å². The smallest absolute Gasteiger partial charge is 0.328 e. The van der Waals surface area contributed by atoms with E-state index in [0.29, 0.717) is 18.0 Å². The van der Waals surface area contributed by atoms with Crippen LogP contribution in [0.3, 0.4) is 0 Å². The van der Waals surface area contributed by atoms with Gasteiger partial charge >= 0.3 is 5.97 Å². The van der Waals surface area contributed by atoms with Crippen molar-refractivity contribution in [2.45, 2.75) is 32.4 Å². The first-order valence-corrected chi connectivity index (χ1v) is 9.49. The van der Waals surface area contributed by atoms with E-state index in [4.69, 9.17) is 14.2 Å². The third-order valence-electron chi connectivity index (χ3n) is 4.40. The van der Waals surface area contributed by atoms with Crippen molar-refractivity contribution in [2.24, 2.45) is 0 Å². The molecule has 0 saturated carbocycles. The van der Waals surface area contributed by atoms with Crippen molar-refractivity contribution in [3.05, 3.63) is 28.6 Å². The van der Waals surface area contributed by atoms with Crippen molar-refractivity contribution in [1.82, 2.24) is 4.98 Å². The number of carbonyl (C=O) groups excluding carboxylic acids is 2. The van der Waals surface area contributed by atoms with Gasteiger partial charge in [-0.1, -0.05) is 0 Å². The van der Waals surface area contributed by atoms with Gasteiger partial charge in [-0.15, -0.1) is 11.3 Å². The molecule has 0 N–H and O–H groups in total. The molecule has 144 valence electrons. The maximum Gasteiger partial charge on any atom is 0.328 e. The summed E-state index contributed by atoms with van der Waals surface area (Å²) in [7, 11) is 2.97. The van der Waals surface area contributed by atoms with Gasteiger partial charge in [0.2, 0.25) is 0 Å². The predicted octanol–water partition coefficient (Wildman–Crippen LogP) is 2.67. The zero-order chi connectivity index (χ0) is 19.6. The van der Waals surface area contributed by atoms with E-state index in [1.54, 1.807) is 38.4 Å². The molecular formula is C19H22N2O5S. The van der Waals surface area contributed by atoms with E-state index in [1.807, 2.05) is 17.5 Å². The minimum Gasteiger partial charge on any atom is -0.479 e. The Balaban J connectivity index is 1.98. The van der Waals surface area contributed by atoms with Gasteiger partial charge in [0, 0.05) is 24.5 Å². The highest BCUT2D eigenvalue weighted by Crippen LogP contribution is 2.39. The Morgan fingerprint density at radius 3 is 2.89 bits per heavy atom. The lowest BCUT2D eigenvalue weighted by Crippen LogP contribution is -2.51. The van der Waals surface area contributed by atoms with Gasteiger partial charge in [0.05, 0.1) is 30.1 Å². The molecule has 1 amide bonds. The highest BCUT2D eigenvalue weighted by atomic mass is 32.1. The van der Waals surface area contributed by atoms with Crippen LogP contribution in [0, 0.1) is 0 Å². The number of thiazole rings is 1. The molecule has 2 aromatic rings. The van der Waals surface area contributed by atoms with Crippen LogP contribution < -0.4 is 9.64 Å². The maximum atomic E-state index is 12.7. The summed E-state index contributed by atoms with van der Waals surface area (Å²) in [6.45, 7) is 3.92. The van der Waals surface area contributed by atoms with E-state index >= 15 is 0 Å². The Kier molecular flexibility index (Phi) is 5.76. The van der Waals surface area contributed by atoms with Crippen LogP contribution in [0.2, 0.25) is 0 Å². The average Bonchev–Trinajstić information content (AvgIpc) is 3.15. The molecule has 0 aliphatic carbocycles. The Morgan fingerprint density at radius 1 is 1.41 bits per heavy atom. The van der Waals surface area contributed by atoms with Crippen molar-refractivity contribution in [3.63, 3.8) is 0 Å². The number of ether oxygens (including phenoxy) is 3. The van der Waals surface area contributed by atoms with E-state index in [0.717, 1.165) is 22.7 Å². The number of methoxy groups -OCH3 is 2. The van der Waals surface area contributed by atoms with Crippen molar-refractivity contribution >= 4 is 28.9 Å². The SMILES string of the molecule is COCCc1nc(-c2ccc3c(c2)N(C(C)C(=O)OC)C(=O)C(C)O3)cs1. The number of fused-ring (bicyclic) bond motifs is 1. The molecule has 1 aromatic carbocycles. The lowest BCUT2D eigenvalue weighted by molar-refractivity contribution is -0.143. The van der Waals surface area contributed by atoms with Crippen LogP contribution >= 0.6 is 11.3 Å². The summed E-state index contributed by atoms with van der Waals surface area (Å²) in [6, 6.07) is 4.78. The van der Waals surface area contributed by atoms with Crippen molar-refractivity contribution in [2.75, 3.05) is 25.7 Å². The highest BCUT2D eigenvalue weighted by molar-refractivity contribution is 7.09. The number of carbonyl (C=O) groups is 2. The van der Waals surface area contributed by atoms with Crippen molar-refractivity contribution in [3.8, 4) is 17.0 Å². The number of amides is 1. The lowest BCUT2D eigenvalue weighted by atomic mass is 10.1. The number of nitrogens with zero attached hydrogens (tertiary/aromatic N) is 2. The van der Waals surface area contributed by atoms with Crippen molar-refractivity contribution < 1.29 is 23.8 Å². The number of hydrogen-bond acceptors (Lipinski definition) is 7. The minimum atomic E-state index is -0.754. The first-order chi connectivity index (χ1) is 13.0. The van der Waals surface area contributed by atoms with Gasteiger partial charge in [-0.3, -0.25) is 9.69 Å². The first kappa shape index (κ1) is 19.3. The number of esters is 1. The molecule has 8 heteroatoms. The molecule has 2 unspecified atom stereocenters. The second-order valence-corrected chi connectivity index (χ2v) is 7.16. The normalized spacial score (nSPS) is 17.3. The van der Waals surface area contributed by atoms with Crippen LogP contribution in [0.4, 0.5) is 5.69 Å². The maximum absolute atomic E-state index is 12.7. The second-order valence-electron chi connectivity index (χ2n) is 6.22. The van der Waals surface area contributed by atoms with Crippen LogP contribution in [0.15, 0.2) is 23.6 Å². The Hall–Kier alpha value is -2.45. The quantitative estimate of drug-likeness (QED) is 0.706. The molecule has 0 saturated heterocycles. The molecule has 27 heavy (non-hydrogen) atoms. The third kappa shape index (κ3) is 3.81. The fourth-order valence-corrected chi connectivity index (χ4v) is 3.73. The van der Waals surface area contributed by atoms with Gasteiger partial charge in [0.15, 0.2) is 6.10 Å². The zero-order valence-electron chi connectivity index (χ0n) is 15.7. The van der Waals surface area contributed by atoms with Gasteiger partial charge in [-0.05, 0) is 32.0 Å². The highest BCUT2D eigenvalue weighted by Gasteiger charge is 2.37. The third-order valence-corrected chi connectivity index (χ3v) is 5.31. The predicted molar refractivity (Wildman–Crippen MR) is 102 cm³/mol. The molecule has 1 aromatic heterocycles. The minimum absolute atomic E-state index is 0.281. The number of benzene rings is 1. The van der Waals surface area contributed by atoms with E-state index < -0.39 is 18.1 Å². The first-order valence-electron chi connectivity index (χ1n) is 8.61. The molecule has 0 fully saturated rings. The molecule has 1 aliphatic rings. The molecular weight excluding hydrogens is 368 g/mol. The molecule has 2 heterocycles. The summed E-state index contributed by atoms with van der Waals surface area (Å²) in [4.78, 5) is 30.8. The topological polar surface area (TPSA) is 78.0 Å². The molecule has 0 spiro atoms. The fourth-order valence-electron chi connectivity index (χ4n) is 2.94. The molecule has 0 bridgehead atoms. The molecule has 1 aliphatic heterocycles. The number of anilines is 1. The average molecular weight is 390 g/mol. The van der Waals surface area contributed by atoms with Gasteiger partial charge in [0.25, 0.3) is 5.91 Å². The monoisotopic (exact) mass is 390 g/mol. The summed E-state index contributed by atoms with van der Waals surface area (Å²) in [6.07, 6.45) is 0.0758. The van der Waals surface area contributed by atoms with Crippen LogP contribution in [-0.4, -0.2) is 49.8 Å². The van der Waals surface area contributed by atoms with Gasteiger partial charge in [-0.25, -0.2) is 9.78 Å². The van der Waals surface area contributed by atoms with E-state index in [2.05, 4.69) is 4.98 Å². The van der Waals surface area contributed by atoms with E-state index in [-0.39, 0.29) is 5.91 Å². The summed E-state index contributed by atoms with van der Waals surface area (Å²) >= 11 is 1.56. The van der Waals surface area contributed by atoms with Crippen LogP contribution in [0.25, 0.3) is 11.3 Å². The fraction of sp³-hybridized carbons (Fsp3) is 0.421. The Bertz CT molecular complexity index is 850. The van der Waals surface area contributed by atoms with Gasteiger partial charge < -0.3 is 14.2 Å². The Labute approximate surface area is 161 Å². The zero-order valence-corrected chi connectivity index (χ0v) is 16.5. The number of hydrogen-bond donors (Lipinski definition) is 0. The molecule has 7 nitrogen and oxygen atoms in total. The standard InChI is InChI=1S/C19H22N2O5S/c1-11(19(23)25-4)21-15-9-13(5-6-16(15)26-12(2)18(21)22)14-10-27-17(20-14)7-8-24-3/h5-6,9-12H,7-8H2,1-4H3. The molecule has 2 atom stereocenters. The summed E-state index contributed by atoms with van der Waals surface area (Å²) in [5.41, 5.74) is 2.20. The van der Waals surface area contributed by atoms with E-state index in [9.17, 15) is 9.59 Å². The van der Waals surface area contributed by atoms with Crippen LogP contribution in [0.1, 0.15) is 18.9 Å². The largest absolute Gasteiger partial charge is 0.479 e. The van der Waals surface area contributed by atoms with Gasteiger partial charge in [-0.2, -0.15) is 0 Å². The Morgan fingerprint density at radius 2 is 2.19 bits per heavy atom. The van der Waals surface area contributed by atoms with Gasteiger partial charge in [0.1, 0.15) is 11.8 Å². The lowest BCUT2D eigenvalue weighted by Gasteiger charge is -2.35. The molecule has 3 rings (SSSR count). The van der Waals surface area contributed by atoms with Crippen LogP contribution in [-0.2, 0) is 25.5 Å². The summed E-state index contributed by atoms with van der Waals surface area (Å²) in [5, 5.41) is 2.94. The second kappa shape index (κ2) is 8.06. The number of rotatable bonds is 6.